The number of benzene rings is 2. The third kappa shape index (κ3) is 5.26. The van der Waals surface area contributed by atoms with Gasteiger partial charge < -0.3 is 20.4 Å². The van der Waals surface area contributed by atoms with Gasteiger partial charge in [-0.3, -0.25) is 9.59 Å². The fourth-order valence-electron chi connectivity index (χ4n) is 6.07. The average Bonchev–Trinajstić information content (AvgIpc) is 3.32. The van der Waals surface area contributed by atoms with Crippen molar-refractivity contribution in [2.45, 2.75) is 50.4 Å². The minimum atomic E-state index is -4.49. The summed E-state index contributed by atoms with van der Waals surface area (Å²) in [5.41, 5.74) is -1.02. The van der Waals surface area contributed by atoms with Crippen LogP contribution >= 0.6 is 24.8 Å². The van der Waals surface area contributed by atoms with Crippen molar-refractivity contribution in [3.05, 3.63) is 69.8 Å². The number of carbonyl (C=O) groups excluding carboxylic acids is 2. The molecule has 14 heteroatoms. The van der Waals surface area contributed by atoms with Gasteiger partial charge in [0.2, 0.25) is 0 Å². The van der Waals surface area contributed by atoms with Crippen LogP contribution in [0.2, 0.25) is 0 Å². The van der Waals surface area contributed by atoms with E-state index in [1.54, 1.807) is 21.9 Å². The average molecular weight is 613 g/mol. The highest BCUT2D eigenvalue weighted by Crippen LogP contribution is 2.44. The highest BCUT2D eigenvalue weighted by molar-refractivity contribution is 6.01. The highest BCUT2D eigenvalue weighted by Gasteiger charge is 2.48. The molecule has 4 atom stereocenters. The summed E-state index contributed by atoms with van der Waals surface area (Å²) in [7, 11) is 0. The van der Waals surface area contributed by atoms with Crippen LogP contribution in [0, 0.1) is 0 Å². The lowest BCUT2D eigenvalue weighted by molar-refractivity contribution is -0.138. The van der Waals surface area contributed by atoms with Crippen LogP contribution in [0.25, 0.3) is 0 Å². The molecule has 220 valence electrons. The third-order valence-electron chi connectivity index (χ3n) is 7.65. The molecule has 6 rings (SSSR count). The third-order valence-corrected chi connectivity index (χ3v) is 7.65. The number of piperazine rings is 2. The van der Waals surface area contributed by atoms with Gasteiger partial charge in [-0.05, 0) is 37.1 Å². The molecule has 0 bridgehead atoms. The summed E-state index contributed by atoms with van der Waals surface area (Å²) in [6, 6.07) is 7.29. The van der Waals surface area contributed by atoms with Gasteiger partial charge in [0.15, 0.2) is 0 Å². The number of nitrogens with one attached hydrogen (secondary N) is 2. The smallest absolute Gasteiger partial charge is 0.329 e. The number of amides is 2. The first-order valence-corrected chi connectivity index (χ1v) is 12.3. The Kier molecular flexibility index (Phi) is 9.10. The van der Waals surface area contributed by atoms with E-state index in [9.17, 15) is 35.9 Å². The molecular formula is C26H28Cl2F6N4O2. The van der Waals surface area contributed by atoms with Crippen LogP contribution in [0.3, 0.4) is 0 Å². The lowest BCUT2D eigenvalue weighted by Crippen LogP contribution is -2.50. The normalized spacial score (nSPS) is 25.0. The quantitative estimate of drug-likeness (QED) is 0.400. The Labute approximate surface area is 239 Å². The number of alkyl halides is 6. The molecule has 4 heterocycles. The van der Waals surface area contributed by atoms with Gasteiger partial charge >= 0.3 is 12.4 Å². The molecule has 0 saturated carbocycles. The summed E-state index contributed by atoms with van der Waals surface area (Å²) < 4.78 is 78.0. The van der Waals surface area contributed by atoms with Crippen LogP contribution < -0.4 is 10.6 Å². The van der Waals surface area contributed by atoms with Gasteiger partial charge in [0.25, 0.3) is 11.8 Å². The van der Waals surface area contributed by atoms with Crippen LogP contribution in [0.15, 0.2) is 36.4 Å². The Bertz CT molecular complexity index is 1190. The summed E-state index contributed by atoms with van der Waals surface area (Å²) in [6.07, 6.45) is -8.99. The molecule has 0 aromatic heterocycles. The van der Waals surface area contributed by atoms with E-state index < -0.39 is 35.3 Å². The number of hydrogen-bond acceptors (Lipinski definition) is 4. The Balaban J connectivity index is 0.000000210. The molecule has 0 unspecified atom stereocenters. The fourth-order valence-corrected chi connectivity index (χ4v) is 6.07. The molecule has 2 aromatic rings. The van der Waals surface area contributed by atoms with Gasteiger partial charge in [-0.15, -0.1) is 24.8 Å². The lowest BCUT2D eigenvalue weighted by atomic mass is 9.95. The Morgan fingerprint density at radius 1 is 0.675 bits per heavy atom. The first-order chi connectivity index (χ1) is 17.8. The lowest BCUT2D eigenvalue weighted by Gasteiger charge is -2.36. The van der Waals surface area contributed by atoms with E-state index in [1.165, 1.54) is 12.1 Å². The number of carbonyl (C=O) groups is 2. The molecular weight excluding hydrogens is 585 g/mol. The minimum Gasteiger partial charge on any atom is -0.329 e. The van der Waals surface area contributed by atoms with Crippen LogP contribution in [-0.2, 0) is 12.4 Å². The fraction of sp³-hybridized carbons (Fsp3) is 0.462. The van der Waals surface area contributed by atoms with E-state index in [4.69, 9.17) is 0 Å². The molecule has 2 fully saturated rings. The molecule has 2 N–H and O–H groups in total. The molecule has 40 heavy (non-hydrogen) atoms. The summed E-state index contributed by atoms with van der Waals surface area (Å²) >= 11 is 0. The van der Waals surface area contributed by atoms with Crippen LogP contribution in [0.4, 0.5) is 26.3 Å². The monoisotopic (exact) mass is 612 g/mol. The second-order valence-electron chi connectivity index (χ2n) is 9.91. The summed E-state index contributed by atoms with van der Waals surface area (Å²) in [5, 5.41) is 6.40. The predicted molar refractivity (Wildman–Crippen MR) is 140 cm³/mol. The maximum absolute atomic E-state index is 13.0. The topological polar surface area (TPSA) is 64.7 Å². The maximum Gasteiger partial charge on any atom is 0.417 e. The highest BCUT2D eigenvalue weighted by atomic mass is 35.5. The minimum absolute atomic E-state index is 0. The molecule has 2 saturated heterocycles. The Hall–Kier alpha value is -2.54. The first-order valence-electron chi connectivity index (χ1n) is 12.3. The SMILES string of the molecule is C[C@@H]1NCCN2C(=O)c3c(cccc3C(F)(F)F)[C@H]12.C[C@H]1NCCN2C(=O)c3c(cccc3C(F)(F)F)[C@@H]12.Cl.Cl. The van der Waals surface area contributed by atoms with E-state index in [2.05, 4.69) is 10.6 Å². The van der Waals surface area contributed by atoms with Gasteiger partial charge in [-0.2, -0.15) is 26.3 Å². The van der Waals surface area contributed by atoms with E-state index in [-0.39, 0.29) is 60.1 Å². The molecule has 2 amide bonds. The molecule has 2 aromatic carbocycles. The van der Waals surface area contributed by atoms with E-state index in [1.807, 2.05) is 13.8 Å². The number of halogens is 8. The molecule has 0 aliphatic carbocycles. The van der Waals surface area contributed by atoms with Crippen molar-refractivity contribution in [2.24, 2.45) is 0 Å². The standard InChI is InChI=1S/2C13H13F3N2O.2ClH/c2*1-7-11-8-3-2-4-9(13(14,15)16)10(8)12(19)18(11)6-5-17-7;;/h2*2-4,7,11,17H,5-6H2,1H3;2*1H/t2*7-,11-;;/m10../s1. The largest absolute Gasteiger partial charge is 0.417 e. The molecule has 0 radical (unpaired) electrons. The number of hydrogen-bond donors (Lipinski definition) is 2. The Morgan fingerprint density at radius 2 is 1.02 bits per heavy atom. The number of nitrogens with zero attached hydrogens (tertiary/aromatic N) is 2. The van der Waals surface area contributed by atoms with Crippen molar-refractivity contribution in [3.63, 3.8) is 0 Å². The van der Waals surface area contributed by atoms with Crippen LogP contribution in [0.5, 0.6) is 0 Å². The maximum atomic E-state index is 13.0. The van der Waals surface area contributed by atoms with E-state index in [0.29, 0.717) is 37.3 Å². The second kappa shape index (κ2) is 11.4. The van der Waals surface area contributed by atoms with Crippen LogP contribution in [0.1, 0.15) is 68.9 Å². The zero-order valence-electron chi connectivity index (χ0n) is 21.4. The van der Waals surface area contributed by atoms with Crippen molar-refractivity contribution in [1.82, 2.24) is 20.4 Å². The van der Waals surface area contributed by atoms with Gasteiger partial charge in [0, 0.05) is 38.3 Å². The van der Waals surface area contributed by atoms with Gasteiger partial charge in [0.1, 0.15) is 0 Å². The summed E-state index contributed by atoms with van der Waals surface area (Å²) in [5.74, 6) is -0.998. The van der Waals surface area contributed by atoms with Crippen molar-refractivity contribution in [2.75, 3.05) is 26.2 Å². The van der Waals surface area contributed by atoms with Crippen molar-refractivity contribution < 1.29 is 35.9 Å². The summed E-state index contributed by atoms with van der Waals surface area (Å²) in [4.78, 5) is 27.6. The zero-order valence-corrected chi connectivity index (χ0v) is 23.0. The predicted octanol–water partition coefficient (Wildman–Crippen LogP) is 5.23. The second-order valence-corrected chi connectivity index (χ2v) is 9.91. The van der Waals surface area contributed by atoms with Gasteiger partial charge in [0.05, 0.1) is 34.3 Å². The number of rotatable bonds is 0. The zero-order chi connectivity index (χ0) is 27.6. The van der Waals surface area contributed by atoms with E-state index >= 15 is 0 Å². The molecule has 0 spiro atoms. The van der Waals surface area contributed by atoms with Gasteiger partial charge in [-0.1, -0.05) is 24.3 Å². The summed E-state index contributed by atoms with van der Waals surface area (Å²) in [6.45, 7) is 5.88. The number of fused-ring (bicyclic) bond motifs is 6. The van der Waals surface area contributed by atoms with Crippen LogP contribution in [-0.4, -0.2) is 59.9 Å². The van der Waals surface area contributed by atoms with Crippen molar-refractivity contribution in [1.29, 1.82) is 0 Å². The molecule has 4 aliphatic heterocycles. The Morgan fingerprint density at radius 3 is 1.35 bits per heavy atom. The van der Waals surface area contributed by atoms with E-state index in [0.717, 1.165) is 12.1 Å². The molecule has 4 aliphatic rings. The first kappa shape index (κ1) is 32.0. The molecule has 6 nitrogen and oxygen atoms in total. The van der Waals surface area contributed by atoms with Crippen molar-refractivity contribution >= 4 is 36.6 Å². The van der Waals surface area contributed by atoms with Gasteiger partial charge in [-0.25, -0.2) is 0 Å². The van der Waals surface area contributed by atoms with Crippen molar-refractivity contribution in [3.8, 4) is 0 Å².